The van der Waals surface area contributed by atoms with Crippen LogP contribution in [-0.2, 0) is 11.2 Å². The number of anilines is 1. The highest BCUT2D eigenvalue weighted by Crippen LogP contribution is 2.31. The lowest BCUT2D eigenvalue weighted by Crippen LogP contribution is -2.47. The summed E-state index contributed by atoms with van der Waals surface area (Å²) in [5.74, 6) is 0.216. The quantitative estimate of drug-likeness (QED) is 0.593. The maximum Gasteiger partial charge on any atom is 0.269 e. The van der Waals surface area contributed by atoms with E-state index in [4.69, 9.17) is 8.83 Å². The minimum Gasteiger partial charge on any atom is -0.459 e. The maximum atomic E-state index is 12.5. The molecule has 32 heavy (non-hydrogen) atoms. The molecule has 9 nitrogen and oxygen atoms in total. The third-order valence-electron chi connectivity index (χ3n) is 5.52. The molecule has 0 radical (unpaired) electrons. The molecular weight excluding hydrogens is 410 g/mol. The summed E-state index contributed by atoms with van der Waals surface area (Å²) < 4.78 is 11.1. The van der Waals surface area contributed by atoms with Gasteiger partial charge in [0, 0.05) is 24.6 Å². The fourth-order valence-electron chi connectivity index (χ4n) is 3.63. The van der Waals surface area contributed by atoms with Gasteiger partial charge in [-0.15, -0.1) is 0 Å². The van der Waals surface area contributed by atoms with Gasteiger partial charge in [0.1, 0.15) is 6.07 Å². The third-order valence-corrected chi connectivity index (χ3v) is 5.52. The van der Waals surface area contributed by atoms with Gasteiger partial charge < -0.3 is 13.7 Å². The molecule has 1 aromatic carbocycles. The van der Waals surface area contributed by atoms with E-state index in [-0.39, 0.29) is 29.3 Å². The number of aromatic nitrogens is 1. The second-order valence-electron chi connectivity index (χ2n) is 7.52. The van der Waals surface area contributed by atoms with Crippen LogP contribution in [0.1, 0.15) is 41.4 Å². The number of nitriles is 1. The van der Waals surface area contributed by atoms with Crippen molar-refractivity contribution in [3.8, 4) is 17.7 Å². The number of nitrogens with one attached hydrogen (secondary N) is 2. The van der Waals surface area contributed by atoms with E-state index in [1.54, 1.807) is 24.3 Å². The van der Waals surface area contributed by atoms with Crippen molar-refractivity contribution in [3.05, 3.63) is 59.5 Å². The van der Waals surface area contributed by atoms with Gasteiger partial charge in [-0.25, -0.2) is 0 Å². The van der Waals surface area contributed by atoms with Crippen LogP contribution in [0.5, 0.6) is 0 Å². The fraction of sp³-hybridized carbons (Fsp3) is 0.304. The lowest BCUT2D eigenvalue weighted by Gasteiger charge is -2.30. The molecule has 3 aromatic rings. The SMILES string of the molecule is CCc1ccc(C(=O)NNC(=O)C2CCN(c3oc(-c4ccco4)nc3C#N)CC2)cc1. The predicted molar refractivity (Wildman–Crippen MR) is 115 cm³/mol. The summed E-state index contributed by atoms with van der Waals surface area (Å²) in [5.41, 5.74) is 6.81. The number of carbonyl (C=O) groups is 2. The van der Waals surface area contributed by atoms with Crippen LogP contribution in [0, 0.1) is 17.2 Å². The smallest absolute Gasteiger partial charge is 0.269 e. The van der Waals surface area contributed by atoms with E-state index in [1.807, 2.05) is 30.0 Å². The molecule has 2 amide bonds. The van der Waals surface area contributed by atoms with Crippen LogP contribution in [0.4, 0.5) is 5.88 Å². The van der Waals surface area contributed by atoms with Crippen LogP contribution in [0.25, 0.3) is 11.7 Å². The molecule has 0 atom stereocenters. The van der Waals surface area contributed by atoms with Crippen LogP contribution < -0.4 is 15.8 Å². The highest BCUT2D eigenvalue weighted by molar-refractivity contribution is 5.95. The molecule has 0 saturated carbocycles. The zero-order valence-corrected chi connectivity index (χ0v) is 17.6. The summed E-state index contributed by atoms with van der Waals surface area (Å²) in [5, 5.41) is 9.41. The van der Waals surface area contributed by atoms with Gasteiger partial charge in [-0.05, 0) is 49.1 Å². The van der Waals surface area contributed by atoms with Gasteiger partial charge in [0.05, 0.1) is 6.26 Å². The van der Waals surface area contributed by atoms with Crippen LogP contribution in [0.15, 0.2) is 51.5 Å². The monoisotopic (exact) mass is 433 g/mol. The second kappa shape index (κ2) is 9.39. The Morgan fingerprint density at radius 3 is 2.56 bits per heavy atom. The Balaban J connectivity index is 1.31. The first-order valence-electron chi connectivity index (χ1n) is 10.5. The zero-order chi connectivity index (χ0) is 22.5. The Bertz CT molecular complexity index is 1120. The zero-order valence-electron chi connectivity index (χ0n) is 17.6. The van der Waals surface area contributed by atoms with Gasteiger partial charge in [-0.3, -0.25) is 20.4 Å². The van der Waals surface area contributed by atoms with E-state index in [2.05, 4.69) is 15.8 Å². The molecule has 2 N–H and O–H groups in total. The number of rotatable bonds is 5. The summed E-state index contributed by atoms with van der Waals surface area (Å²) in [4.78, 5) is 30.9. The average molecular weight is 433 g/mol. The first-order valence-corrected chi connectivity index (χ1v) is 10.5. The molecule has 164 valence electrons. The molecule has 0 unspecified atom stereocenters. The van der Waals surface area contributed by atoms with E-state index in [1.165, 1.54) is 6.26 Å². The van der Waals surface area contributed by atoms with Crippen LogP contribution >= 0.6 is 0 Å². The number of hydrogen-bond donors (Lipinski definition) is 2. The molecule has 0 spiro atoms. The largest absolute Gasteiger partial charge is 0.459 e. The number of hydrazine groups is 1. The van der Waals surface area contributed by atoms with Gasteiger partial charge >= 0.3 is 0 Å². The van der Waals surface area contributed by atoms with Crippen molar-refractivity contribution in [3.63, 3.8) is 0 Å². The number of benzene rings is 1. The molecule has 1 aliphatic rings. The number of aryl methyl sites for hydroxylation is 1. The Morgan fingerprint density at radius 2 is 1.94 bits per heavy atom. The third kappa shape index (κ3) is 4.49. The van der Waals surface area contributed by atoms with Crippen molar-refractivity contribution in [2.24, 2.45) is 5.92 Å². The first kappa shape index (κ1) is 21.2. The van der Waals surface area contributed by atoms with Gasteiger partial charge in [-0.2, -0.15) is 10.2 Å². The van der Waals surface area contributed by atoms with Crippen molar-refractivity contribution in [2.75, 3.05) is 18.0 Å². The molecule has 1 fully saturated rings. The van der Waals surface area contributed by atoms with Crippen molar-refractivity contribution < 1.29 is 18.4 Å². The lowest BCUT2D eigenvalue weighted by molar-refractivity contribution is -0.126. The summed E-state index contributed by atoms with van der Waals surface area (Å²) >= 11 is 0. The molecular formula is C23H23N5O4. The Hall–Kier alpha value is -4.06. The molecule has 0 bridgehead atoms. The van der Waals surface area contributed by atoms with Crippen molar-refractivity contribution >= 4 is 17.7 Å². The van der Waals surface area contributed by atoms with E-state index >= 15 is 0 Å². The molecule has 4 rings (SSSR count). The number of piperidine rings is 1. The first-order chi connectivity index (χ1) is 15.6. The Labute approximate surface area is 185 Å². The van der Waals surface area contributed by atoms with Crippen molar-refractivity contribution in [1.82, 2.24) is 15.8 Å². The number of amides is 2. The van der Waals surface area contributed by atoms with E-state index in [0.29, 0.717) is 43.1 Å². The normalized spacial score (nSPS) is 14.1. The molecule has 2 aromatic heterocycles. The predicted octanol–water partition coefficient (Wildman–Crippen LogP) is 3.05. The maximum absolute atomic E-state index is 12.5. The fourth-order valence-corrected chi connectivity index (χ4v) is 3.63. The van der Waals surface area contributed by atoms with Crippen molar-refractivity contribution in [1.29, 1.82) is 5.26 Å². The van der Waals surface area contributed by atoms with E-state index in [9.17, 15) is 14.9 Å². The van der Waals surface area contributed by atoms with Gasteiger partial charge in [-0.1, -0.05) is 19.1 Å². The van der Waals surface area contributed by atoms with Gasteiger partial charge in [0.15, 0.2) is 5.76 Å². The number of hydrogen-bond acceptors (Lipinski definition) is 7. The number of carbonyl (C=O) groups excluding carboxylic acids is 2. The summed E-state index contributed by atoms with van der Waals surface area (Å²) in [6, 6.07) is 12.7. The minimum absolute atomic E-state index is 0.181. The number of oxazole rings is 1. The Morgan fingerprint density at radius 1 is 1.19 bits per heavy atom. The molecule has 3 heterocycles. The van der Waals surface area contributed by atoms with Gasteiger partial charge in [0.25, 0.3) is 11.8 Å². The molecule has 0 aliphatic carbocycles. The van der Waals surface area contributed by atoms with Crippen molar-refractivity contribution in [2.45, 2.75) is 26.2 Å². The van der Waals surface area contributed by atoms with Crippen LogP contribution in [-0.4, -0.2) is 29.9 Å². The van der Waals surface area contributed by atoms with E-state index < -0.39 is 0 Å². The van der Waals surface area contributed by atoms with Crippen LogP contribution in [0.3, 0.4) is 0 Å². The standard InChI is InChI=1S/C23H23N5O4/c1-2-15-5-7-16(8-6-15)20(29)26-27-21(30)17-9-11-28(12-10-17)23-18(14-24)25-22(32-23)19-4-3-13-31-19/h3-8,13,17H,2,9-12H2,1H3,(H,26,29)(H,27,30). The minimum atomic E-state index is -0.357. The van der Waals surface area contributed by atoms with E-state index in [0.717, 1.165) is 12.0 Å². The second-order valence-corrected chi connectivity index (χ2v) is 7.52. The average Bonchev–Trinajstić information content (AvgIpc) is 3.52. The number of furan rings is 1. The topological polar surface area (TPSA) is 124 Å². The summed E-state index contributed by atoms with van der Waals surface area (Å²) in [7, 11) is 0. The lowest BCUT2D eigenvalue weighted by atomic mass is 9.96. The highest BCUT2D eigenvalue weighted by Gasteiger charge is 2.29. The molecule has 9 heteroatoms. The highest BCUT2D eigenvalue weighted by atomic mass is 16.4. The van der Waals surface area contributed by atoms with Gasteiger partial charge in [0.2, 0.25) is 17.5 Å². The summed E-state index contributed by atoms with van der Waals surface area (Å²) in [6.45, 7) is 3.08. The van der Waals surface area contributed by atoms with Crippen LogP contribution in [0.2, 0.25) is 0 Å². The summed E-state index contributed by atoms with van der Waals surface area (Å²) in [6.07, 6.45) is 3.50. The number of nitrogens with zero attached hydrogens (tertiary/aromatic N) is 3. The molecule has 1 aliphatic heterocycles. The Kier molecular flexibility index (Phi) is 6.22. The molecule has 1 saturated heterocycles.